The molecular weight excluding hydrogens is 501 g/mol. The van der Waals surface area contributed by atoms with Crippen LogP contribution in [0.3, 0.4) is 0 Å². The van der Waals surface area contributed by atoms with Crippen LogP contribution in [0, 0.1) is 5.82 Å². The van der Waals surface area contributed by atoms with Gasteiger partial charge in [0.15, 0.2) is 0 Å². The predicted octanol–water partition coefficient (Wildman–Crippen LogP) is 5.18. The van der Waals surface area contributed by atoms with Crippen LogP contribution in [0.1, 0.15) is 15.9 Å². The van der Waals surface area contributed by atoms with Crippen LogP contribution >= 0.6 is 0 Å². The average molecular weight is 530 g/mol. The average Bonchev–Trinajstić information content (AvgIpc) is 2.97. The van der Waals surface area contributed by atoms with Crippen molar-refractivity contribution in [2.24, 2.45) is 0 Å². The summed E-state index contributed by atoms with van der Waals surface area (Å²) in [5, 5.41) is 0. The van der Waals surface area contributed by atoms with Crippen molar-refractivity contribution in [3.63, 3.8) is 0 Å². The van der Waals surface area contributed by atoms with E-state index in [9.17, 15) is 17.6 Å². The molecule has 0 N–H and O–H groups in total. The maximum atomic E-state index is 13.9. The minimum atomic E-state index is -3.94. The fraction of sp³-hybridized carbons (Fsp3) is 0.167. The second-order valence-electron chi connectivity index (χ2n) is 9.12. The topological polar surface area (TPSA) is 60.9 Å². The number of carbonyl (C=O) groups excluding carboxylic acids is 1. The molecule has 1 aliphatic heterocycles. The van der Waals surface area contributed by atoms with Gasteiger partial charge in [-0.05, 0) is 66.2 Å². The molecule has 6 nitrogen and oxygen atoms in total. The Labute approximate surface area is 222 Å². The molecule has 1 heterocycles. The summed E-state index contributed by atoms with van der Waals surface area (Å²) in [7, 11) is -3.94. The van der Waals surface area contributed by atoms with E-state index in [4.69, 9.17) is 0 Å². The number of anilines is 2. The third-order valence-electron chi connectivity index (χ3n) is 6.64. The molecule has 38 heavy (non-hydrogen) atoms. The minimum absolute atomic E-state index is 0.0519. The zero-order chi connectivity index (χ0) is 26.5. The predicted molar refractivity (Wildman–Crippen MR) is 147 cm³/mol. The highest BCUT2D eigenvalue weighted by Crippen LogP contribution is 2.27. The monoisotopic (exact) mass is 529 g/mol. The fourth-order valence-electron chi connectivity index (χ4n) is 4.60. The van der Waals surface area contributed by atoms with Crippen LogP contribution in [0.4, 0.5) is 15.8 Å². The lowest BCUT2D eigenvalue weighted by Gasteiger charge is -2.36. The van der Waals surface area contributed by atoms with Gasteiger partial charge >= 0.3 is 0 Å². The smallest absolute Gasteiger partial charge is 0.264 e. The quantitative estimate of drug-likeness (QED) is 0.331. The van der Waals surface area contributed by atoms with E-state index in [1.165, 1.54) is 28.6 Å². The molecule has 0 aromatic heterocycles. The second-order valence-corrected chi connectivity index (χ2v) is 11.0. The number of rotatable bonds is 7. The van der Waals surface area contributed by atoms with Gasteiger partial charge in [0.05, 0.1) is 17.1 Å². The molecule has 194 valence electrons. The van der Waals surface area contributed by atoms with E-state index in [-0.39, 0.29) is 17.3 Å². The molecule has 0 unspecified atom stereocenters. The lowest BCUT2D eigenvalue weighted by molar-refractivity contribution is 0.0747. The number of carbonyl (C=O) groups is 1. The molecule has 1 fully saturated rings. The van der Waals surface area contributed by atoms with Gasteiger partial charge in [0, 0.05) is 37.4 Å². The highest BCUT2D eigenvalue weighted by molar-refractivity contribution is 7.92. The van der Waals surface area contributed by atoms with Gasteiger partial charge in [0.25, 0.3) is 15.9 Å². The molecule has 4 aromatic carbocycles. The molecular formula is C30H28FN3O3S. The molecule has 1 aliphatic rings. The van der Waals surface area contributed by atoms with Crippen LogP contribution in [-0.2, 0) is 16.6 Å². The Kier molecular flexibility index (Phi) is 7.42. The third kappa shape index (κ3) is 5.55. The first kappa shape index (κ1) is 25.5. The Hall–Kier alpha value is -4.17. The number of nitrogens with zero attached hydrogens (tertiary/aromatic N) is 3. The summed E-state index contributed by atoms with van der Waals surface area (Å²) < 4.78 is 42.3. The van der Waals surface area contributed by atoms with Crippen LogP contribution in [0.2, 0.25) is 0 Å². The first-order chi connectivity index (χ1) is 18.4. The number of para-hydroxylation sites is 1. The van der Waals surface area contributed by atoms with Crippen molar-refractivity contribution in [3.8, 4) is 0 Å². The van der Waals surface area contributed by atoms with Gasteiger partial charge < -0.3 is 9.80 Å². The van der Waals surface area contributed by atoms with Crippen LogP contribution in [0.5, 0.6) is 0 Å². The van der Waals surface area contributed by atoms with Gasteiger partial charge in [-0.1, -0.05) is 48.5 Å². The van der Waals surface area contributed by atoms with E-state index >= 15 is 0 Å². The molecule has 0 saturated carbocycles. The minimum Gasteiger partial charge on any atom is -0.368 e. The third-order valence-corrected chi connectivity index (χ3v) is 8.42. The second kappa shape index (κ2) is 11.1. The van der Waals surface area contributed by atoms with Crippen LogP contribution in [0.25, 0.3) is 0 Å². The molecule has 0 spiro atoms. The Morgan fingerprint density at radius 1 is 0.763 bits per heavy atom. The molecule has 1 amide bonds. The number of hydrogen-bond acceptors (Lipinski definition) is 4. The Balaban J connectivity index is 1.36. The summed E-state index contributed by atoms with van der Waals surface area (Å²) in [6.45, 7) is 2.63. The molecule has 5 rings (SSSR count). The molecule has 0 atom stereocenters. The summed E-state index contributed by atoms with van der Waals surface area (Å²) in [5.74, 6) is -0.528. The van der Waals surface area contributed by atoms with Gasteiger partial charge in [-0.15, -0.1) is 0 Å². The van der Waals surface area contributed by atoms with Crippen LogP contribution < -0.4 is 9.21 Å². The van der Waals surface area contributed by atoms with Crippen molar-refractivity contribution in [2.45, 2.75) is 11.4 Å². The SMILES string of the molecule is O=C(c1ccc(N(Cc2cccc(F)c2)S(=O)(=O)c2ccccc2)cc1)N1CCN(c2ccccc2)CC1. The Bertz CT molecular complexity index is 1490. The summed E-state index contributed by atoms with van der Waals surface area (Å²) in [5.41, 5.74) is 2.54. The first-order valence-electron chi connectivity index (χ1n) is 12.4. The van der Waals surface area contributed by atoms with E-state index in [1.54, 1.807) is 54.6 Å². The van der Waals surface area contributed by atoms with E-state index < -0.39 is 15.8 Å². The number of sulfonamides is 1. The van der Waals surface area contributed by atoms with Crippen LogP contribution in [0.15, 0.2) is 114 Å². The van der Waals surface area contributed by atoms with Crippen molar-refractivity contribution in [1.82, 2.24) is 4.90 Å². The first-order valence-corrected chi connectivity index (χ1v) is 13.9. The van der Waals surface area contributed by atoms with Crippen molar-refractivity contribution < 1.29 is 17.6 Å². The summed E-state index contributed by atoms with van der Waals surface area (Å²) in [6, 6.07) is 30.7. The molecule has 0 bridgehead atoms. The number of halogens is 1. The highest BCUT2D eigenvalue weighted by Gasteiger charge is 2.27. The van der Waals surface area contributed by atoms with E-state index in [0.29, 0.717) is 29.9 Å². The van der Waals surface area contributed by atoms with Gasteiger partial charge in [0.1, 0.15) is 5.82 Å². The molecule has 0 radical (unpaired) electrons. The molecule has 1 saturated heterocycles. The lowest BCUT2D eigenvalue weighted by atomic mass is 10.1. The number of hydrogen-bond donors (Lipinski definition) is 0. The zero-order valence-corrected chi connectivity index (χ0v) is 21.6. The maximum Gasteiger partial charge on any atom is 0.264 e. The lowest BCUT2D eigenvalue weighted by Crippen LogP contribution is -2.48. The summed E-state index contributed by atoms with van der Waals surface area (Å²) >= 11 is 0. The van der Waals surface area contributed by atoms with Gasteiger partial charge in [-0.2, -0.15) is 0 Å². The number of benzene rings is 4. The van der Waals surface area contributed by atoms with E-state index in [2.05, 4.69) is 17.0 Å². The highest BCUT2D eigenvalue weighted by atomic mass is 32.2. The normalized spacial score (nSPS) is 13.8. The Morgan fingerprint density at radius 2 is 1.39 bits per heavy atom. The van der Waals surface area contributed by atoms with Crippen molar-refractivity contribution in [1.29, 1.82) is 0 Å². The van der Waals surface area contributed by atoms with Gasteiger partial charge in [0.2, 0.25) is 0 Å². The molecule has 8 heteroatoms. The van der Waals surface area contributed by atoms with Crippen molar-refractivity contribution in [2.75, 3.05) is 35.4 Å². The molecule has 4 aromatic rings. The van der Waals surface area contributed by atoms with E-state index in [1.807, 2.05) is 23.1 Å². The fourth-order valence-corrected chi connectivity index (χ4v) is 6.07. The van der Waals surface area contributed by atoms with E-state index in [0.717, 1.165) is 18.8 Å². The van der Waals surface area contributed by atoms with Crippen LogP contribution in [-0.4, -0.2) is 45.4 Å². The maximum absolute atomic E-state index is 13.9. The number of piperazine rings is 1. The zero-order valence-electron chi connectivity index (χ0n) is 20.8. The molecule has 0 aliphatic carbocycles. The van der Waals surface area contributed by atoms with Gasteiger partial charge in [-0.25, -0.2) is 12.8 Å². The number of amides is 1. The standard InChI is InChI=1S/C30H28FN3O3S/c31-26-9-7-8-24(22-26)23-34(38(36,37)29-12-5-2-6-13-29)28-16-14-25(15-17-28)30(35)33-20-18-32(19-21-33)27-10-3-1-4-11-27/h1-17,22H,18-21,23H2. The van der Waals surface area contributed by atoms with Crippen molar-refractivity contribution in [3.05, 3.63) is 126 Å². The van der Waals surface area contributed by atoms with Gasteiger partial charge in [-0.3, -0.25) is 9.10 Å². The van der Waals surface area contributed by atoms with Crippen molar-refractivity contribution >= 4 is 27.3 Å². The summed E-state index contributed by atoms with van der Waals surface area (Å²) in [6.07, 6.45) is 0. The largest absolute Gasteiger partial charge is 0.368 e. The Morgan fingerprint density at radius 3 is 2.03 bits per heavy atom. The summed E-state index contributed by atoms with van der Waals surface area (Å²) in [4.78, 5) is 17.4.